The van der Waals surface area contributed by atoms with E-state index in [1.165, 1.54) is 13.2 Å². The first-order chi connectivity index (χ1) is 8.58. The van der Waals surface area contributed by atoms with E-state index in [2.05, 4.69) is 4.79 Å². The predicted octanol–water partition coefficient (Wildman–Crippen LogP) is 2.06. The van der Waals surface area contributed by atoms with Crippen molar-refractivity contribution in [2.24, 2.45) is 0 Å². The van der Waals surface area contributed by atoms with Crippen LogP contribution in [0.15, 0.2) is 24.3 Å². The Morgan fingerprint density at radius 2 is 2.22 bits per heavy atom. The van der Waals surface area contributed by atoms with Crippen LogP contribution in [-0.2, 0) is 9.53 Å². The molecule has 1 aromatic rings. The van der Waals surface area contributed by atoms with Crippen LogP contribution >= 0.6 is 23.2 Å². The van der Waals surface area contributed by atoms with Crippen LogP contribution in [0.3, 0.4) is 0 Å². The largest absolute Gasteiger partial charge is 0.497 e. The molecule has 0 N–H and O–H groups in total. The lowest BCUT2D eigenvalue weighted by molar-refractivity contribution is -0.139. The Labute approximate surface area is 114 Å². The van der Waals surface area contributed by atoms with Crippen molar-refractivity contribution in [3.05, 3.63) is 35.4 Å². The van der Waals surface area contributed by atoms with Crippen LogP contribution in [0.25, 0.3) is 5.53 Å². The van der Waals surface area contributed by atoms with Gasteiger partial charge in [-0.15, -0.1) is 23.2 Å². The van der Waals surface area contributed by atoms with E-state index >= 15 is 0 Å². The van der Waals surface area contributed by atoms with Crippen LogP contribution in [0, 0.1) is 0 Å². The van der Waals surface area contributed by atoms with Crippen molar-refractivity contribution < 1.29 is 19.1 Å². The van der Waals surface area contributed by atoms with Crippen LogP contribution < -0.4 is 4.74 Å². The first-order valence-corrected chi connectivity index (χ1v) is 5.77. The van der Waals surface area contributed by atoms with Gasteiger partial charge in [-0.25, -0.2) is 4.79 Å². The van der Waals surface area contributed by atoms with E-state index in [4.69, 9.17) is 38.2 Å². The summed E-state index contributed by atoms with van der Waals surface area (Å²) < 4.78 is 9.75. The van der Waals surface area contributed by atoms with E-state index in [9.17, 15) is 4.79 Å². The van der Waals surface area contributed by atoms with E-state index < -0.39 is 10.8 Å². The molecule has 1 rings (SSSR count). The lowest BCUT2D eigenvalue weighted by Crippen LogP contribution is -2.22. The number of hydrogen-bond donors (Lipinski definition) is 0. The first-order valence-electron chi connectivity index (χ1n) is 4.90. The number of methoxy groups -OCH3 is 1. The van der Waals surface area contributed by atoms with Gasteiger partial charge in [-0.1, -0.05) is 6.07 Å². The molecular weight excluding hydrogens is 279 g/mol. The summed E-state index contributed by atoms with van der Waals surface area (Å²) in [7, 11) is 1.48. The van der Waals surface area contributed by atoms with Crippen molar-refractivity contribution in [1.29, 1.82) is 0 Å². The zero-order valence-corrected chi connectivity index (χ0v) is 11.0. The summed E-state index contributed by atoms with van der Waals surface area (Å²) in [5.74, 6) is -0.300. The second kappa shape index (κ2) is 7.01. The number of hydrogen-bond acceptors (Lipinski definition) is 3. The van der Waals surface area contributed by atoms with Crippen molar-refractivity contribution in [3.63, 3.8) is 0 Å². The number of nitrogens with zero attached hydrogens (tertiary/aromatic N) is 2. The Bertz CT molecular complexity index is 485. The highest BCUT2D eigenvalue weighted by molar-refractivity contribution is 6.45. The molecule has 0 aromatic heterocycles. The van der Waals surface area contributed by atoms with Gasteiger partial charge < -0.3 is 15.0 Å². The lowest BCUT2D eigenvalue weighted by Gasteiger charge is -2.03. The molecule has 0 unspecified atom stereocenters. The van der Waals surface area contributed by atoms with E-state index in [0.717, 1.165) is 0 Å². The molecule has 0 amide bonds. The molecule has 0 saturated carbocycles. The lowest BCUT2D eigenvalue weighted by atomic mass is 10.1. The molecule has 0 heterocycles. The summed E-state index contributed by atoms with van der Waals surface area (Å²) in [5.41, 5.74) is 8.98. The Kier molecular flexibility index (Phi) is 5.65. The molecule has 0 radical (unpaired) electrons. The fraction of sp³-hybridized carbons (Fsp3) is 0.273. The molecule has 0 aliphatic heterocycles. The maximum atomic E-state index is 11.6. The van der Waals surface area contributed by atoms with Crippen LogP contribution in [0.5, 0.6) is 5.75 Å². The standard InChI is InChI=1S/C11H10Cl2N2O3/c1-17-8-4-2-3-7(5-8)10(15-14)11(16)18-6-9(12)13/h2-5,9H,6H2,1H3. The maximum Gasteiger partial charge on any atom is 0.422 e. The SMILES string of the molecule is COc1cccc(C(=[N+]=[N-])C(=O)OCC(Cl)Cl)c1. The minimum absolute atomic E-state index is 0.190. The summed E-state index contributed by atoms with van der Waals surface area (Å²) in [4.78, 5) is 13.7. The number of carbonyl (C=O) groups is 1. The number of benzene rings is 1. The third-order valence-electron chi connectivity index (χ3n) is 1.98. The molecule has 0 fully saturated rings. The van der Waals surface area contributed by atoms with Gasteiger partial charge in [0.2, 0.25) is 0 Å². The Hall–Kier alpha value is -1.55. The molecule has 7 heteroatoms. The molecule has 0 saturated heterocycles. The molecule has 5 nitrogen and oxygen atoms in total. The van der Waals surface area contributed by atoms with Crippen molar-refractivity contribution in [3.8, 4) is 5.75 Å². The molecule has 0 atom stereocenters. The van der Waals surface area contributed by atoms with Crippen LogP contribution in [-0.4, -0.2) is 35.0 Å². The summed E-state index contributed by atoms with van der Waals surface area (Å²) in [6.45, 7) is -0.190. The van der Waals surface area contributed by atoms with Crippen molar-refractivity contribution in [2.75, 3.05) is 13.7 Å². The average Bonchev–Trinajstić information content (AvgIpc) is 2.37. The van der Waals surface area contributed by atoms with Crippen molar-refractivity contribution >= 4 is 34.9 Å². The number of alkyl halides is 2. The molecule has 0 aliphatic rings. The minimum Gasteiger partial charge on any atom is -0.497 e. The molecule has 0 spiro atoms. The second-order valence-corrected chi connectivity index (χ2v) is 4.45. The van der Waals surface area contributed by atoms with Gasteiger partial charge in [-0.3, -0.25) is 0 Å². The van der Waals surface area contributed by atoms with Gasteiger partial charge >= 0.3 is 11.7 Å². The summed E-state index contributed by atoms with van der Waals surface area (Å²) in [6.07, 6.45) is 0. The highest BCUT2D eigenvalue weighted by atomic mass is 35.5. The highest BCUT2D eigenvalue weighted by Gasteiger charge is 2.25. The summed E-state index contributed by atoms with van der Waals surface area (Å²) >= 11 is 10.9. The van der Waals surface area contributed by atoms with Crippen LogP contribution in [0.2, 0.25) is 0 Å². The molecule has 0 bridgehead atoms. The van der Waals surface area contributed by atoms with Gasteiger partial charge in [-0.05, 0) is 18.2 Å². The number of carbonyl (C=O) groups excluding carboxylic acids is 1. The predicted molar refractivity (Wildman–Crippen MR) is 67.2 cm³/mol. The normalized spacial score (nSPS) is 9.78. The van der Waals surface area contributed by atoms with Crippen molar-refractivity contribution in [2.45, 2.75) is 4.84 Å². The van der Waals surface area contributed by atoms with Gasteiger partial charge in [0, 0.05) is 0 Å². The van der Waals surface area contributed by atoms with Crippen LogP contribution in [0.4, 0.5) is 0 Å². The molecule has 0 aliphatic carbocycles. The molecule has 1 aromatic carbocycles. The molecular formula is C11H10Cl2N2O3. The summed E-state index contributed by atoms with van der Waals surface area (Å²) in [5, 5.41) is 0. The minimum atomic E-state index is -0.834. The first kappa shape index (κ1) is 14.5. The Morgan fingerprint density at radius 3 is 2.78 bits per heavy atom. The Morgan fingerprint density at radius 1 is 1.50 bits per heavy atom. The van der Waals surface area contributed by atoms with Crippen LogP contribution in [0.1, 0.15) is 5.56 Å². The van der Waals surface area contributed by atoms with Gasteiger partial charge in [0.25, 0.3) is 0 Å². The van der Waals surface area contributed by atoms with E-state index in [1.54, 1.807) is 18.2 Å². The zero-order chi connectivity index (χ0) is 13.5. The Balaban J connectivity index is 2.89. The number of halogens is 2. The quantitative estimate of drug-likeness (QED) is 0.274. The molecule has 18 heavy (non-hydrogen) atoms. The second-order valence-electron chi connectivity index (χ2n) is 3.17. The van der Waals surface area contributed by atoms with Crippen molar-refractivity contribution in [1.82, 2.24) is 0 Å². The number of ether oxygens (including phenoxy) is 2. The zero-order valence-electron chi connectivity index (χ0n) is 9.47. The molecule has 96 valence electrons. The average molecular weight is 289 g/mol. The summed E-state index contributed by atoms with van der Waals surface area (Å²) in [6, 6.07) is 6.46. The fourth-order valence-electron chi connectivity index (χ4n) is 1.19. The maximum absolute atomic E-state index is 11.6. The van der Waals surface area contributed by atoms with Gasteiger partial charge in [0.15, 0.2) is 0 Å². The van der Waals surface area contributed by atoms with E-state index in [-0.39, 0.29) is 12.3 Å². The third kappa shape index (κ3) is 4.04. The van der Waals surface area contributed by atoms with Gasteiger partial charge in [-0.2, -0.15) is 4.79 Å². The number of esters is 1. The van der Waals surface area contributed by atoms with Gasteiger partial charge in [0.1, 0.15) is 17.2 Å². The van der Waals surface area contributed by atoms with E-state index in [1.807, 2.05) is 0 Å². The fourth-order valence-corrected chi connectivity index (χ4v) is 1.32. The van der Waals surface area contributed by atoms with Gasteiger partial charge in [0.05, 0.1) is 12.7 Å². The smallest absolute Gasteiger partial charge is 0.422 e. The van der Waals surface area contributed by atoms with E-state index in [0.29, 0.717) is 11.3 Å². The topological polar surface area (TPSA) is 71.9 Å². The number of rotatable bonds is 5. The highest BCUT2D eigenvalue weighted by Crippen LogP contribution is 2.13. The monoisotopic (exact) mass is 288 g/mol. The third-order valence-corrected chi connectivity index (χ3v) is 2.23.